The van der Waals surface area contributed by atoms with Crippen LogP contribution in [0, 0.1) is 0 Å². The molecule has 0 unspecified atom stereocenters. The third-order valence-corrected chi connectivity index (χ3v) is 3.48. The topological polar surface area (TPSA) is 38.8 Å². The number of ketones is 1. The van der Waals surface area contributed by atoms with E-state index in [9.17, 15) is 4.79 Å². The molecule has 4 nitrogen and oxygen atoms in total. The average Bonchev–Trinajstić information content (AvgIpc) is 2.44. The number of hydrogen-bond donors (Lipinski definition) is 0. The molecule has 4 heteroatoms. The van der Waals surface area contributed by atoms with Gasteiger partial charge in [-0.05, 0) is 6.42 Å². The molecular formula is C15H29NO3. The monoisotopic (exact) mass is 271 g/mol. The molecule has 0 saturated carbocycles. The Morgan fingerprint density at radius 3 is 2.63 bits per heavy atom. The van der Waals surface area contributed by atoms with E-state index in [-0.39, 0.29) is 12.4 Å². The molecule has 0 bridgehead atoms. The molecule has 0 atom stereocenters. The highest BCUT2D eigenvalue weighted by atomic mass is 16.5. The van der Waals surface area contributed by atoms with E-state index >= 15 is 0 Å². The minimum Gasteiger partial charge on any atom is -0.379 e. The van der Waals surface area contributed by atoms with E-state index in [1.165, 1.54) is 25.7 Å². The van der Waals surface area contributed by atoms with Crippen LogP contribution in [0.5, 0.6) is 0 Å². The van der Waals surface area contributed by atoms with Crippen molar-refractivity contribution in [3.63, 3.8) is 0 Å². The van der Waals surface area contributed by atoms with E-state index in [0.29, 0.717) is 13.0 Å². The van der Waals surface area contributed by atoms with Gasteiger partial charge in [0.2, 0.25) is 0 Å². The van der Waals surface area contributed by atoms with Crippen molar-refractivity contribution < 1.29 is 14.3 Å². The summed E-state index contributed by atoms with van der Waals surface area (Å²) in [6.45, 7) is 7.65. The fourth-order valence-electron chi connectivity index (χ4n) is 2.20. The first-order valence-corrected chi connectivity index (χ1v) is 7.72. The highest BCUT2D eigenvalue weighted by Gasteiger charge is 2.09. The van der Waals surface area contributed by atoms with Crippen LogP contribution < -0.4 is 0 Å². The van der Waals surface area contributed by atoms with Gasteiger partial charge in [0, 0.05) is 26.1 Å². The second kappa shape index (κ2) is 11.4. The summed E-state index contributed by atoms with van der Waals surface area (Å²) in [6, 6.07) is 0. The van der Waals surface area contributed by atoms with E-state index in [1.54, 1.807) is 0 Å². The Hall–Kier alpha value is -0.450. The number of unbranched alkanes of at least 4 members (excludes halogenated alkanes) is 4. The zero-order valence-electron chi connectivity index (χ0n) is 12.4. The SMILES string of the molecule is CCCCCCCC(=O)COCCN1CCOCC1. The minimum absolute atomic E-state index is 0.249. The number of hydrogen-bond acceptors (Lipinski definition) is 4. The first kappa shape index (κ1) is 16.6. The number of Topliss-reactive ketones (excluding diaryl/α,β-unsaturated/α-hetero) is 1. The van der Waals surface area contributed by atoms with E-state index in [1.807, 2.05) is 0 Å². The highest BCUT2D eigenvalue weighted by molar-refractivity contribution is 5.79. The second-order valence-corrected chi connectivity index (χ2v) is 5.21. The molecule has 112 valence electrons. The predicted molar refractivity (Wildman–Crippen MR) is 76.5 cm³/mol. The summed E-state index contributed by atoms with van der Waals surface area (Å²) in [4.78, 5) is 13.9. The van der Waals surface area contributed by atoms with Crippen LogP contribution in [0.15, 0.2) is 0 Å². The van der Waals surface area contributed by atoms with Crippen LogP contribution in [0.4, 0.5) is 0 Å². The Kier molecular flexibility index (Phi) is 9.95. The third-order valence-electron chi connectivity index (χ3n) is 3.48. The van der Waals surface area contributed by atoms with Crippen molar-refractivity contribution >= 4 is 5.78 Å². The number of carbonyl (C=O) groups excluding carboxylic acids is 1. The molecule has 1 aliphatic heterocycles. The van der Waals surface area contributed by atoms with Gasteiger partial charge in [-0.1, -0.05) is 32.6 Å². The second-order valence-electron chi connectivity index (χ2n) is 5.21. The molecule has 0 aliphatic carbocycles. The van der Waals surface area contributed by atoms with Gasteiger partial charge < -0.3 is 9.47 Å². The third kappa shape index (κ3) is 9.14. The molecule has 1 aliphatic rings. The molecule has 0 aromatic rings. The van der Waals surface area contributed by atoms with Gasteiger partial charge in [0.05, 0.1) is 19.8 Å². The smallest absolute Gasteiger partial charge is 0.158 e. The lowest BCUT2D eigenvalue weighted by molar-refractivity contribution is -0.124. The minimum atomic E-state index is 0.249. The first-order chi connectivity index (χ1) is 9.33. The van der Waals surface area contributed by atoms with Gasteiger partial charge in [-0.15, -0.1) is 0 Å². The lowest BCUT2D eigenvalue weighted by atomic mass is 10.1. The summed E-state index contributed by atoms with van der Waals surface area (Å²) >= 11 is 0. The molecule has 0 spiro atoms. The Morgan fingerprint density at radius 1 is 1.16 bits per heavy atom. The molecule has 0 aromatic carbocycles. The van der Waals surface area contributed by atoms with E-state index < -0.39 is 0 Å². The quantitative estimate of drug-likeness (QED) is 0.540. The fraction of sp³-hybridized carbons (Fsp3) is 0.933. The zero-order chi connectivity index (χ0) is 13.8. The predicted octanol–water partition coefficient (Wildman–Crippen LogP) is 2.26. The maximum absolute atomic E-state index is 11.6. The van der Waals surface area contributed by atoms with Gasteiger partial charge in [-0.3, -0.25) is 9.69 Å². The van der Waals surface area contributed by atoms with Crippen LogP contribution >= 0.6 is 0 Å². The Morgan fingerprint density at radius 2 is 1.89 bits per heavy atom. The van der Waals surface area contributed by atoms with Gasteiger partial charge in [0.15, 0.2) is 5.78 Å². The summed E-state index contributed by atoms with van der Waals surface area (Å²) in [5, 5.41) is 0. The summed E-state index contributed by atoms with van der Waals surface area (Å²) in [5.41, 5.74) is 0. The van der Waals surface area contributed by atoms with Gasteiger partial charge in [0.25, 0.3) is 0 Å². The molecule has 0 amide bonds. The van der Waals surface area contributed by atoms with Crippen LogP contribution in [0.1, 0.15) is 45.4 Å². The fourth-order valence-corrected chi connectivity index (χ4v) is 2.20. The van der Waals surface area contributed by atoms with Gasteiger partial charge in [0.1, 0.15) is 6.61 Å². The Labute approximate surface area is 117 Å². The van der Waals surface area contributed by atoms with Crippen LogP contribution in [-0.4, -0.2) is 56.7 Å². The lowest BCUT2D eigenvalue weighted by Gasteiger charge is -2.26. The Bertz CT molecular complexity index is 227. The number of morpholine rings is 1. The molecule has 0 aromatic heterocycles. The normalized spacial score (nSPS) is 16.7. The average molecular weight is 271 g/mol. The largest absolute Gasteiger partial charge is 0.379 e. The number of rotatable bonds is 11. The van der Waals surface area contributed by atoms with Crippen molar-refractivity contribution in [1.29, 1.82) is 0 Å². The van der Waals surface area contributed by atoms with Crippen molar-refractivity contribution in [2.24, 2.45) is 0 Å². The van der Waals surface area contributed by atoms with E-state index in [2.05, 4.69) is 11.8 Å². The number of ether oxygens (including phenoxy) is 2. The summed E-state index contributed by atoms with van der Waals surface area (Å²) in [6.07, 6.45) is 6.66. The molecule has 1 heterocycles. The lowest BCUT2D eigenvalue weighted by Crippen LogP contribution is -2.38. The van der Waals surface area contributed by atoms with Gasteiger partial charge >= 0.3 is 0 Å². The van der Waals surface area contributed by atoms with Crippen molar-refractivity contribution in [1.82, 2.24) is 4.90 Å². The van der Waals surface area contributed by atoms with Crippen LogP contribution in [0.3, 0.4) is 0 Å². The summed E-state index contributed by atoms with van der Waals surface area (Å²) in [7, 11) is 0. The summed E-state index contributed by atoms with van der Waals surface area (Å²) < 4.78 is 10.7. The molecule has 1 fully saturated rings. The van der Waals surface area contributed by atoms with Crippen molar-refractivity contribution in [3.05, 3.63) is 0 Å². The van der Waals surface area contributed by atoms with Crippen molar-refractivity contribution in [2.45, 2.75) is 45.4 Å². The molecule has 19 heavy (non-hydrogen) atoms. The molecule has 1 saturated heterocycles. The number of nitrogens with zero attached hydrogens (tertiary/aromatic N) is 1. The van der Waals surface area contributed by atoms with E-state index in [0.717, 1.165) is 39.3 Å². The molecule has 0 N–H and O–H groups in total. The highest BCUT2D eigenvalue weighted by Crippen LogP contribution is 2.05. The summed E-state index contributed by atoms with van der Waals surface area (Å²) in [5.74, 6) is 0.249. The standard InChI is InChI=1S/C15H29NO3/c1-2-3-4-5-6-7-15(17)14-19-13-10-16-8-11-18-12-9-16/h2-14H2,1H3. The molecule has 0 radical (unpaired) electrons. The van der Waals surface area contributed by atoms with Crippen LogP contribution in [0.25, 0.3) is 0 Å². The molecule has 1 rings (SSSR count). The molecular weight excluding hydrogens is 242 g/mol. The zero-order valence-corrected chi connectivity index (χ0v) is 12.4. The maximum atomic E-state index is 11.6. The van der Waals surface area contributed by atoms with Gasteiger partial charge in [-0.25, -0.2) is 0 Å². The van der Waals surface area contributed by atoms with Crippen LogP contribution in [-0.2, 0) is 14.3 Å². The van der Waals surface area contributed by atoms with E-state index in [4.69, 9.17) is 9.47 Å². The van der Waals surface area contributed by atoms with Crippen molar-refractivity contribution in [3.8, 4) is 0 Å². The van der Waals surface area contributed by atoms with Crippen LogP contribution in [0.2, 0.25) is 0 Å². The Balaban J connectivity index is 1.86. The maximum Gasteiger partial charge on any atom is 0.158 e. The van der Waals surface area contributed by atoms with Crippen molar-refractivity contribution in [2.75, 3.05) is 46.1 Å². The van der Waals surface area contributed by atoms with Gasteiger partial charge in [-0.2, -0.15) is 0 Å². The first-order valence-electron chi connectivity index (χ1n) is 7.72. The number of carbonyl (C=O) groups is 1.